The molecule has 13 nitrogen and oxygen atoms in total. The van der Waals surface area contributed by atoms with E-state index in [2.05, 4.69) is 20.6 Å². The van der Waals surface area contributed by atoms with E-state index in [1.165, 1.54) is 12.1 Å². The fraction of sp³-hybridized carbons (Fsp3) is 0.171. The minimum absolute atomic E-state index is 0.193. The average molecular weight is 641 g/mol. The first kappa shape index (κ1) is 29.1. The van der Waals surface area contributed by atoms with E-state index in [-0.39, 0.29) is 18.8 Å². The summed E-state index contributed by atoms with van der Waals surface area (Å²) in [6, 6.07) is 21.9. The molecule has 13 heteroatoms. The van der Waals surface area contributed by atoms with E-state index in [1.54, 1.807) is 30.9 Å². The Labute approximate surface area is 270 Å². The van der Waals surface area contributed by atoms with Crippen LogP contribution in [0.3, 0.4) is 0 Å². The van der Waals surface area contributed by atoms with Crippen molar-refractivity contribution in [1.82, 2.24) is 39.1 Å². The SMILES string of the molecule is Cc1ccc2c(Cn3cc(Cn4c(=O)n(Cc5cn(Cc6cc(=O)oc7cc(C)ccc67)nn5)c5ccccc54)nn3)cc(=O)oc2c1. The van der Waals surface area contributed by atoms with Crippen molar-refractivity contribution >= 4 is 33.0 Å². The number of nitrogens with zero attached hydrogens (tertiary/aromatic N) is 8. The second kappa shape index (κ2) is 11.5. The zero-order chi connectivity index (χ0) is 32.9. The van der Waals surface area contributed by atoms with Crippen molar-refractivity contribution in [2.24, 2.45) is 0 Å². The van der Waals surface area contributed by atoms with Crippen LogP contribution in [0.2, 0.25) is 0 Å². The van der Waals surface area contributed by atoms with Crippen molar-refractivity contribution in [3.63, 3.8) is 0 Å². The van der Waals surface area contributed by atoms with Gasteiger partial charge in [-0.15, -0.1) is 10.2 Å². The van der Waals surface area contributed by atoms with Gasteiger partial charge in [0.15, 0.2) is 0 Å². The van der Waals surface area contributed by atoms with Crippen molar-refractivity contribution in [3.8, 4) is 0 Å². The molecule has 0 amide bonds. The van der Waals surface area contributed by atoms with Crippen molar-refractivity contribution in [1.29, 1.82) is 0 Å². The van der Waals surface area contributed by atoms with Gasteiger partial charge in [-0.25, -0.2) is 23.7 Å². The van der Waals surface area contributed by atoms with Gasteiger partial charge >= 0.3 is 16.9 Å². The molecule has 0 bridgehead atoms. The van der Waals surface area contributed by atoms with Gasteiger partial charge in [0.1, 0.15) is 22.6 Å². The number of imidazole rings is 1. The molecule has 48 heavy (non-hydrogen) atoms. The highest BCUT2D eigenvalue weighted by atomic mass is 16.4. The lowest BCUT2D eigenvalue weighted by atomic mass is 10.1. The van der Waals surface area contributed by atoms with E-state index < -0.39 is 11.3 Å². The maximum Gasteiger partial charge on any atom is 0.336 e. The van der Waals surface area contributed by atoms with Crippen LogP contribution in [0.4, 0.5) is 0 Å². The Kier molecular flexibility index (Phi) is 6.94. The van der Waals surface area contributed by atoms with Gasteiger partial charge in [0.2, 0.25) is 0 Å². The highest BCUT2D eigenvalue weighted by Gasteiger charge is 2.17. The first-order valence-corrected chi connectivity index (χ1v) is 15.3. The molecule has 8 aromatic rings. The van der Waals surface area contributed by atoms with E-state index in [1.807, 2.05) is 74.5 Å². The van der Waals surface area contributed by atoms with Crippen LogP contribution in [0.5, 0.6) is 0 Å². The molecule has 8 rings (SSSR count). The summed E-state index contributed by atoms with van der Waals surface area (Å²) in [5, 5.41) is 18.9. The first-order valence-electron chi connectivity index (χ1n) is 15.3. The molecular weight excluding hydrogens is 612 g/mol. The van der Waals surface area contributed by atoms with Crippen molar-refractivity contribution in [3.05, 3.63) is 150 Å². The topological polar surface area (TPSA) is 149 Å². The summed E-state index contributed by atoms with van der Waals surface area (Å²) in [5.41, 5.74) is 6.11. The molecule has 0 saturated carbocycles. The molecule has 0 unspecified atom stereocenters. The first-order chi connectivity index (χ1) is 23.3. The molecule has 0 aliphatic rings. The normalized spacial score (nSPS) is 11.7. The second-order valence-corrected chi connectivity index (χ2v) is 11.9. The van der Waals surface area contributed by atoms with Gasteiger partial charge in [0.05, 0.1) is 49.6 Å². The van der Waals surface area contributed by atoms with Gasteiger partial charge in [-0.3, -0.25) is 9.13 Å². The van der Waals surface area contributed by atoms with Crippen LogP contribution in [0.15, 0.2) is 108 Å². The van der Waals surface area contributed by atoms with E-state index in [4.69, 9.17) is 8.83 Å². The van der Waals surface area contributed by atoms with E-state index in [0.29, 0.717) is 35.6 Å². The van der Waals surface area contributed by atoms with Crippen molar-refractivity contribution in [2.75, 3.05) is 0 Å². The van der Waals surface area contributed by atoms with Gasteiger partial charge in [-0.1, -0.05) is 46.8 Å². The largest absolute Gasteiger partial charge is 0.423 e. The van der Waals surface area contributed by atoms with Crippen LogP contribution < -0.4 is 16.9 Å². The van der Waals surface area contributed by atoms with Crippen LogP contribution in [0, 0.1) is 13.8 Å². The van der Waals surface area contributed by atoms with Crippen LogP contribution in [-0.4, -0.2) is 39.1 Å². The molecule has 5 heterocycles. The quantitative estimate of drug-likeness (QED) is 0.225. The van der Waals surface area contributed by atoms with Gasteiger partial charge in [-0.05, 0) is 60.4 Å². The molecule has 238 valence electrons. The number of hydrogen-bond acceptors (Lipinski definition) is 9. The summed E-state index contributed by atoms with van der Waals surface area (Å²) in [6.45, 7) is 4.89. The Bertz CT molecular complexity index is 2510. The molecule has 0 spiro atoms. The second-order valence-electron chi connectivity index (χ2n) is 11.9. The Balaban J connectivity index is 1.05. The van der Waals surface area contributed by atoms with Crippen molar-refractivity contribution in [2.45, 2.75) is 40.0 Å². The number of fused-ring (bicyclic) bond motifs is 3. The number of hydrogen-bond donors (Lipinski definition) is 0. The predicted octanol–water partition coefficient (Wildman–Crippen LogP) is 4.01. The molecule has 0 aliphatic carbocycles. The number of aryl methyl sites for hydroxylation is 2. The fourth-order valence-corrected chi connectivity index (χ4v) is 6.16. The molecule has 0 aliphatic heterocycles. The van der Waals surface area contributed by atoms with Crippen LogP contribution in [0.1, 0.15) is 33.6 Å². The molecular formula is C35H28N8O5. The standard InChI is InChI=1S/C35H28N8O5/c1-21-7-9-27-23(13-33(44)47-31(27)11-21)15-40-17-25(36-38-40)19-42-29-5-3-4-6-30(29)43(35(42)46)20-26-18-41(39-37-26)16-24-14-34(45)48-32-12-22(2)8-10-28(24)32/h3-14,17-18H,15-16,19-20H2,1-2H3. The Hall–Kier alpha value is -6.37. The van der Waals surface area contributed by atoms with E-state index in [0.717, 1.165) is 44.1 Å². The lowest BCUT2D eigenvalue weighted by Gasteiger charge is -2.05. The van der Waals surface area contributed by atoms with Crippen LogP contribution in [0.25, 0.3) is 33.0 Å². The smallest absolute Gasteiger partial charge is 0.336 e. The summed E-state index contributed by atoms with van der Waals surface area (Å²) in [5.74, 6) is 0. The summed E-state index contributed by atoms with van der Waals surface area (Å²) >= 11 is 0. The predicted molar refractivity (Wildman–Crippen MR) is 177 cm³/mol. The maximum atomic E-state index is 13.8. The number of benzene rings is 3. The fourth-order valence-electron chi connectivity index (χ4n) is 6.16. The van der Waals surface area contributed by atoms with Gasteiger partial charge in [0.25, 0.3) is 0 Å². The lowest BCUT2D eigenvalue weighted by molar-refractivity contribution is 0.554. The van der Waals surface area contributed by atoms with Crippen molar-refractivity contribution < 1.29 is 8.83 Å². The third-order valence-electron chi connectivity index (χ3n) is 8.37. The number of rotatable bonds is 8. The van der Waals surface area contributed by atoms with Gasteiger partial charge in [-0.2, -0.15) is 0 Å². The van der Waals surface area contributed by atoms with Gasteiger partial charge in [0, 0.05) is 22.9 Å². The summed E-state index contributed by atoms with van der Waals surface area (Å²) < 4.78 is 17.4. The Morgan fingerprint density at radius 3 is 1.50 bits per heavy atom. The summed E-state index contributed by atoms with van der Waals surface area (Å²) in [4.78, 5) is 38.3. The zero-order valence-electron chi connectivity index (χ0n) is 26.0. The molecule has 5 aromatic heterocycles. The molecule has 0 fully saturated rings. The third kappa shape index (κ3) is 5.40. The molecule has 0 saturated heterocycles. The highest BCUT2D eigenvalue weighted by molar-refractivity contribution is 5.81. The molecule has 0 atom stereocenters. The minimum atomic E-state index is -0.431. The summed E-state index contributed by atoms with van der Waals surface area (Å²) in [7, 11) is 0. The monoisotopic (exact) mass is 640 g/mol. The third-order valence-corrected chi connectivity index (χ3v) is 8.37. The maximum absolute atomic E-state index is 13.8. The van der Waals surface area contributed by atoms with Crippen LogP contribution >= 0.6 is 0 Å². The molecule has 0 radical (unpaired) electrons. The van der Waals surface area contributed by atoms with E-state index >= 15 is 0 Å². The van der Waals surface area contributed by atoms with Gasteiger partial charge < -0.3 is 8.83 Å². The summed E-state index contributed by atoms with van der Waals surface area (Å²) in [6.07, 6.45) is 3.54. The minimum Gasteiger partial charge on any atom is -0.423 e. The van der Waals surface area contributed by atoms with Crippen LogP contribution in [-0.2, 0) is 26.2 Å². The lowest BCUT2D eigenvalue weighted by Crippen LogP contribution is -2.25. The highest BCUT2D eigenvalue weighted by Crippen LogP contribution is 2.21. The molecule has 0 N–H and O–H groups in total. The number of aromatic nitrogens is 8. The Morgan fingerprint density at radius 1 is 0.583 bits per heavy atom. The zero-order valence-corrected chi connectivity index (χ0v) is 26.0. The number of para-hydroxylation sites is 2. The van der Waals surface area contributed by atoms with E-state index in [9.17, 15) is 14.4 Å². The average Bonchev–Trinajstić information content (AvgIpc) is 3.76. The molecule has 3 aromatic carbocycles. The Morgan fingerprint density at radius 2 is 1.04 bits per heavy atom.